The average molecular weight is 315 g/mol. The minimum Gasteiger partial charge on any atom is -0.484 e. The fourth-order valence-electron chi connectivity index (χ4n) is 1.77. The minimum absolute atomic E-state index is 0.0284. The van der Waals surface area contributed by atoms with E-state index >= 15 is 0 Å². The molecule has 0 aliphatic heterocycles. The predicted molar refractivity (Wildman–Crippen MR) is 87.5 cm³/mol. The number of ether oxygens (including phenoxy) is 2. The number of aromatic nitrogens is 1. The summed E-state index contributed by atoms with van der Waals surface area (Å²) in [6, 6.07) is 12.5. The summed E-state index contributed by atoms with van der Waals surface area (Å²) in [6.45, 7) is 2.42. The summed E-state index contributed by atoms with van der Waals surface area (Å²) in [7, 11) is 0. The predicted octanol–water partition coefficient (Wildman–Crippen LogP) is 2.11. The van der Waals surface area contributed by atoms with Crippen LogP contribution in [0.5, 0.6) is 17.4 Å². The summed E-state index contributed by atoms with van der Waals surface area (Å²) in [5.74, 6) is 1.60. The number of carbonyl (C=O) groups excluding carboxylic acids is 1. The second kappa shape index (κ2) is 8.75. The fourth-order valence-corrected chi connectivity index (χ4v) is 1.77. The van der Waals surface area contributed by atoms with E-state index in [4.69, 9.17) is 15.2 Å². The van der Waals surface area contributed by atoms with Gasteiger partial charge in [-0.15, -0.1) is 0 Å². The number of carbonyl (C=O) groups is 1. The molecule has 3 N–H and O–H groups in total. The molecular formula is C17H21N3O3. The Balaban J connectivity index is 1.75. The normalized spacial score (nSPS) is 11.6. The Labute approximate surface area is 135 Å². The molecule has 0 spiro atoms. The second-order valence-corrected chi connectivity index (χ2v) is 5.15. The van der Waals surface area contributed by atoms with Crippen LogP contribution < -0.4 is 20.5 Å². The number of hydrogen-bond acceptors (Lipinski definition) is 5. The van der Waals surface area contributed by atoms with Gasteiger partial charge in [-0.05, 0) is 43.7 Å². The summed E-state index contributed by atoms with van der Waals surface area (Å²) in [6.07, 6.45) is 2.40. The molecule has 0 saturated heterocycles. The van der Waals surface area contributed by atoms with Crippen LogP contribution in [0.1, 0.15) is 13.3 Å². The van der Waals surface area contributed by atoms with E-state index in [1.54, 1.807) is 36.5 Å². The van der Waals surface area contributed by atoms with Crippen LogP contribution in [-0.2, 0) is 4.79 Å². The quantitative estimate of drug-likeness (QED) is 0.779. The lowest BCUT2D eigenvalue weighted by Gasteiger charge is -2.09. The van der Waals surface area contributed by atoms with Crippen molar-refractivity contribution in [1.29, 1.82) is 0 Å². The van der Waals surface area contributed by atoms with E-state index in [0.717, 1.165) is 6.42 Å². The lowest BCUT2D eigenvalue weighted by atomic mass is 10.2. The van der Waals surface area contributed by atoms with Crippen LogP contribution in [0.2, 0.25) is 0 Å². The highest BCUT2D eigenvalue weighted by molar-refractivity contribution is 5.77. The zero-order valence-electron chi connectivity index (χ0n) is 13.1. The van der Waals surface area contributed by atoms with Crippen molar-refractivity contribution in [3.8, 4) is 17.4 Å². The molecule has 0 bridgehead atoms. The maximum absolute atomic E-state index is 11.6. The largest absolute Gasteiger partial charge is 0.484 e. The SMILES string of the molecule is CC(N)CCNC(=O)COc1ccc(Oc2ccccn2)cc1. The molecule has 0 saturated carbocycles. The van der Waals surface area contributed by atoms with Crippen molar-refractivity contribution in [2.75, 3.05) is 13.2 Å². The highest BCUT2D eigenvalue weighted by Gasteiger charge is 2.04. The molecule has 0 aliphatic rings. The third kappa shape index (κ3) is 6.36. The van der Waals surface area contributed by atoms with Crippen molar-refractivity contribution in [2.24, 2.45) is 5.73 Å². The summed E-state index contributed by atoms with van der Waals surface area (Å²) >= 11 is 0. The highest BCUT2D eigenvalue weighted by atomic mass is 16.5. The molecule has 1 amide bonds. The van der Waals surface area contributed by atoms with E-state index in [9.17, 15) is 4.79 Å². The first-order chi connectivity index (χ1) is 11.1. The Morgan fingerprint density at radius 3 is 2.61 bits per heavy atom. The standard InChI is InChI=1S/C17H21N3O3/c1-13(18)9-11-19-16(21)12-22-14-5-7-15(8-6-14)23-17-4-2-3-10-20-17/h2-8,10,13H,9,11-12,18H2,1H3,(H,19,21). The maximum atomic E-state index is 11.6. The first-order valence-corrected chi connectivity index (χ1v) is 7.47. The minimum atomic E-state index is -0.167. The molecule has 23 heavy (non-hydrogen) atoms. The fraction of sp³-hybridized carbons (Fsp3) is 0.294. The molecule has 122 valence electrons. The number of hydrogen-bond donors (Lipinski definition) is 2. The molecule has 0 radical (unpaired) electrons. The number of amides is 1. The summed E-state index contributed by atoms with van der Waals surface area (Å²) in [5.41, 5.74) is 5.61. The number of nitrogens with two attached hydrogens (primary N) is 1. The van der Waals surface area contributed by atoms with Gasteiger partial charge in [0.05, 0.1) is 0 Å². The lowest BCUT2D eigenvalue weighted by molar-refractivity contribution is -0.123. The molecule has 1 unspecified atom stereocenters. The molecule has 1 aromatic heterocycles. The molecular weight excluding hydrogens is 294 g/mol. The van der Waals surface area contributed by atoms with Crippen LogP contribution in [0.4, 0.5) is 0 Å². The van der Waals surface area contributed by atoms with Crippen molar-refractivity contribution < 1.29 is 14.3 Å². The van der Waals surface area contributed by atoms with Crippen molar-refractivity contribution in [2.45, 2.75) is 19.4 Å². The lowest BCUT2D eigenvalue weighted by Crippen LogP contribution is -2.32. The molecule has 1 aromatic carbocycles. The Hall–Kier alpha value is -2.60. The maximum Gasteiger partial charge on any atom is 0.257 e. The Kier molecular flexibility index (Phi) is 6.38. The van der Waals surface area contributed by atoms with Gasteiger partial charge in [0, 0.05) is 24.8 Å². The van der Waals surface area contributed by atoms with Gasteiger partial charge in [0.2, 0.25) is 5.88 Å². The van der Waals surface area contributed by atoms with E-state index in [0.29, 0.717) is 23.9 Å². The van der Waals surface area contributed by atoms with Crippen molar-refractivity contribution in [3.63, 3.8) is 0 Å². The molecule has 0 fully saturated rings. The first-order valence-electron chi connectivity index (χ1n) is 7.47. The van der Waals surface area contributed by atoms with E-state index < -0.39 is 0 Å². The third-order valence-electron chi connectivity index (χ3n) is 2.98. The Morgan fingerprint density at radius 1 is 1.22 bits per heavy atom. The summed E-state index contributed by atoms with van der Waals surface area (Å²) in [4.78, 5) is 15.7. The van der Waals surface area contributed by atoms with Gasteiger partial charge < -0.3 is 20.5 Å². The molecule has 0 aliphatic carbocycles. The van der Waals surface area contributed by atoms with Gasteiger partial charge in [0.1, 0.15) is 11.5 Å². The van der Waals surface area contributed by atoms with Gasteiger partial charge in [-0.25, -0.2) is 4.98 Å². The van der Waals surface area contributed by atoms with Crippen LogP contribution in [0.25, 0.3) is 0 Å². The van der Waals surface area contributed by atoms with Gasteiger partial charge in [-0.1, -0.05) is 6.07 Å². The third-order valence-corrected chi connectivity index (χ3v) is 2.98. The Bertz CT molecular complexity index is 600. The van der Waals surface area contributed by atoms with E-state index in [2.05, 4.69) is 10.3 Å². The van der Waals surface area contributed by atoms with Crippen LogP contribution in [-0.4, -0.2) is 30.1 Å². The van der Waals surface area contributed by atoms with Crippen LogP contribution >= 0.6 is 0 Å². The van der Waals surface area contributed by atoms with E-state index in [1.807, 2.05) is 19.1 Å². The molecule has 2 aromatic rings. The van der Waals surface area contributed by atoms with Gasteiger partial charge >= 0.3 is 0 Å². The first kappa shape index (κ1) is 16.8. The highest BCUT2D eigenvalue weighted by Crippen LogP contribution is 2.22. The number of pyridine rings is 1. The topological polar surface area (TPSA) is 86.5 Å². The zero-order valence-corrected chi connectivity index (χ0v) is 13.1. The van der Waals surface area contributed by atoms with Crippen LogP contribution in [0.3, 0.4) is 0 Å². The Morgan fingerprint density at radius 2 is 1.96 bits per heavy atom. The molecule has 1 atom stereocenters. The van der Waals surface area contributed by atoms with Crippen molar-refractivity contribution in [3.05, 3.63) is 48.7 Å². The average Bonchev–Trinajstić information content (AvgIpc) is 2.55. The summed E-state index contributed by atoms with van der Waals surface area (Å²) < 4.78 is 11.0. The van der Waals surface area contributed by atoms with Crippen LogP contribution in [0, 0.1) is 0 Å². The molecule has 1 heterocycles. The van der Waals surface area contributed by atoms with Gasteiger partial charge in [0.25, 0.3) is 5.91 Å². The van der Waals surface area contributed by atoms with Gasteiger partial charge in [-0.3, -0.25) is 4.79 Å². The molecule has 6 nitrogen and oxygen atoms in total. The van der Waals surface area contributed by atoms with Gasteiger partial charge in [-0.2, -0.15) is 0 Å². The van der Waals surface area contributed by atoms with Gasteiger partial charge in [0.15, 0.2) is 6.61 Å². The second-order valence-electron chi connectivity index (χ2n) is 5.15. The number of rotatable bonds is 8. The molecule has 2 rings (SSSR count). The number of nitrogens with zero attached hydrogens (tertiary/aromatic N) is 1. The van der Waals surface area contributed by atoms with Crippen LogP contribution in [0.15, 0.2) is 48.7 Å². The number of benzene rings is 1. The van der Waals surface area contributed by atoms with E-state index in [1.165, 1.54) is 0 Å². The zero-order chi connectivity index (χ0) is 16.5. The monoisotopic (exact) mass is 315 g/mol. The van der Waals surface area contributed by atoms with E-state index in [-0.39, 0.29) is 18.6 Å². The molecule has 6 heteroatoms. The van der Waals surface area contributed by atoms with Crippen molar-refractivity contribution >= 4 is 5.91 Å². The van der Waals surface area contributed by atoms with Crippen molar-refractivity contribution in [1.82, 2.24) is 10.3 Å². The summed E-state index contributed by atoms with van der Waals surface area (Å²) in [5, 5.41) is 2.75. The number of nitrogens with one attached hydrogen (secondary N) is 1. The smallest absolute Gasteiger partial charge is 0.257 e.